The van der Waals surface area contributed by atoms with Crippen LogP contribution in [0.3, 0.4) is 0 Å². The first-order chi connectivity index (χ1) is 14.7. The van der Waals surface area contributed by atoms with Crippen LogP contribution in [0, 0.1) is 62.4 Å². The van der Waals surface area contributed by atoms with Crippen molar-refractivity contribution in [1.29, 1.82) is 0 Å². The highest BCUT2D eigenvalue weighted by atomic mass is 16.7. The van der Waals surface area contributed by atoms with Crippen molar-refractivity contribution in [3.8, 4) is 0 Å². The van der Waals surface area contributed by atoms with Gasteiger partial charge in [0, 0.05) is 5.92 Å². The standard InChI is InChI=1S/C27H46N2O2/c1-18(2)8-6-9-19(3)21-13-14-22-20-11-12-24-25(28-29(30)31)10-7-16-26(24,4)23(20)15-17-27(21,22)5/h18-24H,6-17H2,1-5H3/b28-25+/t19-,20+,21+,22-,23-,24+,26-,27+/m1/s1. The van der Waals surface area contributed by atoms with Crippen molar-refractivity contribution in [2.24, 2.45) is 57.4 Å². The lowest BCUT2D eigenvalue weighted by Crippen LogP contribution is -2.55. The van der Waals surface area contributed by atoms with Gasteiger partial charge < -0.3 is 0 Å². The van der Waals surface area contributed by atoms with Crippen LogP contribution in [0.4, 0.5) is 0 Å². The monoisotopic (exact) mass is 430 g/mol. The van der Waals surface area contributed by atoms with Crippen molar-refractivity contribution in [1.82, 2.24) is 0 Å². The highest BCUT2D eigenvalue weighted by Crippen LogP contribution is 2.68. The van der Waals surface area contributed by atoms with E-state index in [0.717, 1.165) is 60.5 Å². The van der Waals surface area contributed by atoms with Gasteiger partial charge in [-0.25, -0.2) is 10.1 Å². The number of rotatable bonds is 6. The first-order valence-corrected chi connectivity index (χ1v) is 13.4. The van der Waals surface area contributed by atoms with E-state index in [2.05, 4.69) is 39.7 Å². The predicted octanol–water partition coefficient (Wildman–Crippen LogP) is 7.74. The lowest BCUT2D eigenvalue weighted by molar-refractivity contribution is -0.485. The second-order valence-electron chi connectivity index (χ2n) is 12.7. The molecule has 0 unspecified atom stereocenters. The Balaban J connectivity index is 1.50. The first kappa shape index (κ1) is 23.2. The summed E-state index contributed by atoms with van der Waals surface area (Å²) in [6, 6.07) is 0. The van der Waals surface area contributed by atoms with E-state index in [1.54, 1.807) is 0 Å². The molecule has 0 aromatic heterocycles. The molecule has 0 aromatic carbocycles. The molecule has 0 aromatic rings. The molecule has 4 heteroatoms. The third-order valence-electron chi connectivity index (χ3n) is 10.8. The van der Waals surface area contributed by atoms with Gasteiger partial charge in [-0.3, -0.25) is 0 Å². The molecule has 8 atom stereocenters. The van der Waals surface area contributed by atoms with Crippen molar-refractivity contribution in [3.05, 3.63) is 10.1 Å². The van der Waals surface area contributed by atoms with E-state index in [1.165, 1.54) is 57.8 Å². The maximum Gasteiger partial charge on any atom is 0.190 e. The van der Waals surface area contributed by atoms with Crippen LogP contribution in [-0.2, 0) is 0 Å². The normalized spacial score (nSPS) is 44.6. The summed E-state index contributed by atoms with van der Waals surface area (Å²) in [5.74, 6) is 5.38. The van der Waals surface area contributed by atoms with E-state index in [-0.39, 0.29) is 5.41 Å². The Morgan fingerprint density at radius 3 is 2.45 bits per heavy atom. The summed E-state index contributed by atoms with van der Waals surface area (Å²) in [7, 11) is 0. The topological polar surface area (TPSA) is 55.5 Å². The maximum atomic E-state index is 11.2. The SMILES string of the molecule is CC(C)CCC[C@@H](C)[C@@H]1CC[C@@H]2[C@@H]3CC[C@H]4/C(=N/[N+](=O)[O-])CCC[C@]4(C)[C@@H]3CC[C@]21C. The Morgan fingerprint density at radius 1 is 1.00 bits per heavy atom. The molecule has 176 valence electrons. The highest BCUT2D eigenvalue weighted by Gasteiger charge is 2.61. The van der Waals surface area contributed by atoms with Crippen LogP contribution in [0.15, 0.2) is 5.10 Å². The lowest BCUT2D eigenvalue weighted by Gasteiger charge is -2.60. The second-order valence-corrected chi connectivity index (χ2v) is 12.7. The van der Waals surface area contributed by atoms with Crippen LogP contribution in [0.5, 0.6) is 0 Å². The van der Waals surface area contributed by atoms with Gasteiger partial charge >= 0.3 is 0 Å². The Bertz CT molecular complexity index is 703. The molecule has 0 heterocycles. The number of hydrogen-bond acceptors (Lipinski definition) is 2. The van der Waals surface area contributed by atoms with Crippen molar-refractivity contribution in [2.75, 3.05) is 0 Å². The van der Waals surface area contributed by atoms with Crippen LogP contribution in [-0.4, -0.2) is 10.7 Å². The Kier molecular flexibility index (Phi) is 6.58. The number of nitro groups is 1. The number of nitrogens with zero attached hydrogens (tertiary/aromatic N) is 2. The molecule has 0 spiro atoms. The molecule has 4 rings (SSSR count). The molecule has 0 saturated heterocycles. The van der Waals surface area contributed by atoms with Crippen molar-refractivity contribution in [3.63, 3.8) is 0 Å². The molecule has 4 saturated carbocycles. The van der Waals surface area contributed by atoms with E-state index in [9.17, 15) is 10.1 Å². The van der Waals surface area contributed by atoms with Crippen LogP contribution in [0.2, 0.25) is 0 Å². The van der Waals surface area contributed by atoms with E-state index in [4.69, 9.17) is 0 Å². The van der Waals surface area contributed by atoms with Crippen molar-refractivity contribution in [2.45, 2.75) is 112 Å². The molecular formula is C27H46N2O2. The van der Waals surface area contributed by atoms with Gasteiger partial charge in [-0.15, -0.1) is 0 Å². The largest absolute Gasteiger partial charge is 0.233 e. The molecule has 31 heavy (non-hydrogen) atoms. The Hall–Kier alpha value is -0.930. The molecule has 4 aliphatic rings. The van der Waals surface area contributed by atoms with Crippen LogP contribution < -0.4 is 0 Å². The summed E-state index contributed by atoms with van der Waals surface area (Å²) in [6.45, 7) is 12.4. The maximum absolute atomic E-state index is 11.2. The molecular weight excluding hydrogens is 384 g/mol. The minimum atomic E-state index is -0.437. The summed E-state index contributed by atoms with van der Waals surface area (Å²) < 4.78 is 0. The fraction of sp³-hybridized carbons (Fsp3) is 0.963. The molecule has 0 bridgehead atoms. The zero-order chi connectivity index (χ0) is 22.4. The third-order valence-corrected chi connectivity index (χ3v) is 10.8. The van der Waals surface area contributed by atoms with Gasteiger partial charge in [0.2, 0.25) is 0 Å². The lowest BCUT2D eigenvalue weighted by atomic mass is 9.44. The number of hydrazone groups is 1. The molecule has 0 radical (unpaired) electrons. The van der Waals surface area contributed by atoms with Gasteiger partial charge in [-0.2, -0.15) is 0 Å². The molecule has 0 amide bonds. The summed E-state index contributed by atoms with van der Waals surface area (Å²) in [6.07, 6.45) is 15.3. The molecule has 4 aliphatic carbocycles. The fourth-order valence-corrected chi connectivity index (χ4v) is 9.44. The van der Waals surface area contributed by atoms with Gasteiger partial charge in [-0.05, 0) is 104 Å². The second kappa shape index (κ2) is 8.78. The molecule has 4 fully saturated rings. The van der Waals surface area contributed by atoms with E-state index >= 15 is 0 Å². The summed E-state index contributed by atoms with van der Waals surface area (Å²) in [5, 5.41) is 14.6. The minimum Gasteiger partial charge on any atom is -0.233 e. The fourth-order valence-electron chi connectivity index (χ4n) is 9.44. The van der Waals surface area contributed by atoms with Gasteiger partial charge in [0.05, 0.1) is 10.8 Å². The van der Waals surface area contributed by atoms with Crippen molar-refractivity contribution >= 4 is 5.71 Å². The van der Waals surface area contributed by atoms with Gasteiger partial charge in [0.25, 0.3) is 0 Å². The van der Waals surface area contributed by atoms with Gasteiger partial charge in [0.1, 0.15) is 0 Å². The quantitative estimate of drug-likeness (QED) is 0.319. The first-order valence-electron chi connectivity index (χ1n) is 13.4. The van der Waals surface area contributed by atoms with Crippen molar-refractivity contribution < 1.29 is 5.03 Å². The van der Waals surface area contributed by atoms with E-state index < -0.39 is 5.03 Å². The van der Waals surface area contributed by atoms with E-state index in [1.807, 2.05) is 0 Å². The Labute approximate surface area is 190 Å². The summed E-state index contributed by atoms with van der Waals surface area (Å²) in [5.41, 5.74) is 1.67. The Morgan fingerprint density at radius 2 is 1.74 bits per heavy atom. The number of hydrogen-bond donors (Lipinski definition) is 0. The van der Waals surface area contributed by atoms with Crippen LogP contribution in [0.25, 0.3) is 0 Å². The average molecular weight is 431 g/mol. The van der Waals surface area contributed by atoms with Crippen LogP contribution >= 0.6 is 0 Å². The summed E-state index contributed by atoms with van der Waals surface area (Å²) in [4.78, 5) is 11.2. The average Bonchev–Trinajstić information content (AvgIpc) is 3.04. The third kappa shape index (κ3) is 4.10. The molecule has 0 N–H and O–H groups in total. The van der Waals surface area contributed by atoms with Gasteiger partial charge in [-0.1, -0.05) is 53.9 Å². The minimum absolute atomic E-state index is 0.234. The van der Waals surface area contributed by atoms with Gasteiger partial charge in [0.15, 0.2) is 5.03 Å². The zero-order valence-corrected chi connectivity index (χ0v) is 20.7. The number of fused-ring (bicyclic) bond motifs is 5. The predicted molar refractivity (Wildman–Crippen MR) is 127 cm³/mol. The smallest absolute Gasteiger partial charge is 0.190 e. The summed E-state index contributed by atoms with van der Waals surface area (Å²) >= 11 is 0. The molecule has 0 aliphatic heterocycles. The molecule has 4 nitrogen and oxygen atoms in total. The van der Waals surface area contributed by atoms with E-state index in [0.29, 0.717) is 11.3 Å². The highest BCUT2D eigenvalue weighted by molar-refractivity contribution is 5.87. The van der Waals surface area contributed by atoms with Crippen LogP contribution in [0.1, 0.15) is 112 Å². The zero-order valence-electron chi connectivity index (χ0n) is 20.7.